The lowest BCUT2D eigenvalue weighted by Crippen LogP contribution is -2.25. The fourth-order valence-electron chi connectivity index (χ4n) is 5.45. The Bertz CT molecular complexity index is 1090. The van der Waals surface area contributed by atoms with Crippen LogP contribution in [-0.4, -0.2) is 39.0 Å². The van der Waals surface area contributed by atoms with Crippen LogP contribution in [-0.2, 0) is 19.9 Å². The smallest absolute Gasteiger partial charge is 0.356 e. The van der Waals surface area contributed by atoms with Crippen molar-refractivity contribution in [3.63, 3.8) is 0 Å². The van der Waals surface area contributed by atoms with Gasteiger partial charge < -0.3 is 4.90 Å². The summed E-state index contributed by atoms with van der Waals surface area (Å²) in [4.78, 5) is 11.9. The Labute approximate surface area is 189 Å². The van der Waals surface area contributed by atoms with Crippen LogP contribution in [0.1, 0.15) is 60.6 Å². The molecule has 172 valence electrons. The first-order valence-corrected chi connectivity index (χ1v) is 12.2. The van der Waals surface area contributed by atoms with Gasteiger partial charge in [-0.05, 0) is 68.4 Å². The molecule has 2 aliphatic rings. The van der Waals surface area contributed by atoms with E-state index in [1.807, 2.05) is 11.7 Å². The number of hydrogen-bond donors (Lipinski definition) is 0. The van der Waals surface area contributed by atoms with Crippen LogP contribution in [0.25, 0.3) is 10.2 Å². The SMILES string of the molecule is Cn1cc2c(n1)CCC[C@H]2C[C@H]1CCCN(c2ncnc3sc(CC(F)(F)F)cc23)CC1. The molecule has 0 bridgehead atoms. The monoisotopic (exact) mass is 463 g/mol. The van der Waals surface area contributed by atoms with Gasteiger partial charge in [-0.25, -0.2) is 9.97 Å². The summed E-state index contributed by atoms with van der Waals surface area (Å²) in [6.07, 6.45) is 6.64. The minimum Gasteiger partial charge on any atom is -0.356 e. The molecule has 0 spiro atoms. The van der Waals surface area contributed by atoms with E-state index in [1.54, 1.807) is 6.07 Å². The number of aryl methyl sites for hydroxylation is 2. The Morgan fingerprint density at radius 2 is 2.00 bits per heavy atom. The molecule has 9 heteroatoms. The number of alkyl halides is 3. The van der Waals surface area contributed by atoms with Gasteiger partial charge >= 0.3 is 6.18 Å². The number of nitrogens with zero attached hydrogens (tertiary/aromatic N) is 5. The molecular weight excluding hydrogens is 435 g/mol. The summed E-state index contributed by atoms with van der Waals surface area (Å²) in [6, 6.07) is 1.64. The van der Waals surface area contributed by atoms with Crippen molar-refractivity contribution in [2.24, 2.45) is 13.0 Å². The predicted octanol–water partition coefficient (Wildman–Crippen LogP) is 5.65. The van der Waals surface area contributed by atoms with Crippen molar-refractivity contribution < 1.29 is 13.2 Å². The number of hydrogen-bond acceptors (Lipinski definition) is 5. The number of halogens is 3. The van der Waals surface area contributed by atoms with Crippen molar-refractivity contribution in [2.75, 3.05) is 18.0 Å². The Kier molecular flexibility index (Phi) is 5.86. The molecule has 0 radical (unpaired) electrons. The van der Waals surface area contributed by atoms with Gasteiger partial charge in [0, 0.05) is 31.2 Å². The van der Waals surface area contributed by atoms with Gasteiger partial charge in [-0.2, -0.15) is 18.3 Å². The number of thiophene rings is 1. The summed E-state index contributed by atoms with van der Waals surface area (Å²) in [5.41, 5.74) is 2.71. The summed E-state index contributed by atoms with van der Waals surface area (Å²) in [7, 11) is 2.01. The molecule has 32 heavy (non-hydrogen) atoms. The highest BCUT2D eigenvalue weighted by Gasteiger charge is 2.30. The number of fused-ring (bicyclic) bond motifs is 2. The summed E-state index contributed by atoms with van der Waals surface area (Å²) in [5, 5.41) is 5.39. The lowest BCUT2D eigenvalue weighted by atomic mass is 9.79. The first kappa shape index (κ1) is 21.7. The second-order valence-corrected chi connectivity index (χ2v) is 10.3. The average Bonchev–Trinajstić information content (AvgIpc) is 3.22. The van der Waals surface area contributed by atoms with Crippen molar-refractivity contribution in [1.29, 1.82) is 0 Å². The molecule has 0 unspecified atom stereocenters. The van der Waals surface area contributed by atoms with Gasteiger partial charge in [-0.1, -0.05) is 0 Å². The molecule has 0 amide bonds. The Morgan fingerprint density at radius 3 is 2.84 bits per heavy atom. The van der Waals surface area contributed by atoms with E-state index in [9.17, 15) is 13.2 Å². The van der Waals surface area contributed by atoms with E-state index in [1.165, 1.54) is 43.3 Å². The van der Waals surface area contributed by atoms with Crippen LogP contribution in [0.3, 0.4) is 0 Å². The second-order valence-electron chi connectivity index (χ2n) is 9.23. The molecule has 1 fully saturated rings. The molecule has 4 heterocycles. The normalized spacial score (nSPS) is 22.2. The highest BCUT2D eigenvalue weighted by Crippen LogP contribution is 2.39. The largest absolute Gasteiger partial charge is 0.393 e. The first-order valence-electron chi connectivity index (χ1n) is 11.4. The summed E-state index contributed by atoms with van der Waals surface area (Å²) in [6.45, 7) is 1.77. The third-order valence-electron chi connectivity index (χ3n) is 6.84. The fourth-order valence-corrected chi connectivity index (χ4v) is 6.47. The number of rotatable bonds is 4. The van der Waals surface area contributed by atoms with E-state index in [2.05, 4.69) is 26.2 Å². The van der Waals surface area contributed by atoms with E-state index in [0.29, 0.717) is 21.5 Å². The molecule has 3 aromatic heterocycles. The van der Waals surface area contributed by atoms with Crippen molar-refractivity contribution in [1.82, 2.24) is 19.7 Å². The lowest BCUT2D eigenvalue weighted by Gasteiger charge is -2.26. The Balaban J connectivity index is 1.29. The standard InChI is InChI=1S/C23H28F3N5S/c1-30-13-19-16(5-2-6-20(19)29-30)10-15-4-3-8-31(9-7-15)21-18-11-17(12-23(24,25)26)32-22(18)28-14-27-21/h11,13-16H,2-10,12H2,1H3/t15-,16-/m0/s1. The van der Waals surface area contributed by atoms with Gasteiger partial charge in [0.1, 0.15) is 17.0 Å². The zero-order valence-corrected chi connectivity index (χ0v) is 19.1. The average molecular weight is 464 g/mol. The van der Waals surface area contributed by atoms with Gasteiger partial charge in [-0.3, -0.25) is 4.68 Å². The highest BCUT2D eigenvalue weighted by molar-refractivity contribution is 7.18. The van der Waals surface area contributed by atoms with Gasteiger partial charge in [0.25, 0.3) is 0 Å². The zero-order valence-electron chi connectivity index (χ0n) is 18.2. The summed E-state index contributed by atoms with van der Waals surface area (Å²) < 4.78 is 40.5. The van der Waals surface area contributed by atoms with Crippen LogP contribution < -0.4 is 4.90 Å². The molecule has 3 aromatic rings. The quantitative estimate of drug-likeness (QED) is 0.502. The molecule has 1 aliphatic heterocycles. The third-order valence-corrected chi connectivity index (χ3v) is 7.89. The second kappa shape index (κ2) is 8.65. The van der Waals surface area contributed by atoms with Crippen molar-refractivity contribution >= 4 is 27.4 Å². The van der Waals surface area contributed by atoms with Crippen LogP contribution in [0.5, 0.6) is 0 Å². The first-order chi connectivity index (χ1) is 15.4. The predicted molar refractivity (Wildman–Crippen MR) is 120 cm³/mol. The van der Waals surface area contributed by atoms with E-state index in [0.717, 1.165) is 54.9 Å². The minimum absolute atomic E-state index is 0.298. The van der Waals surface area contributed by atoms with Gasteiger partial charge in [0.15, 0.2) is 0 Å². The number of anilines is 1. The van der Waals surface area contributed by atoms with Crippen LogP contribution in [0.15, 0.2) is 18.6 Å². The van der Waals surface area contributed by atoms with E-state index in [-0.39, 0.29) is 0 Å². The molecule has 2 atom stereocenters. The molecule has 0 aromatic carbocycles. The third kappa shape index (κ3) is 4.63. The highest BCUT2D eigenvalue weighted by atomic mass is 32.1. The van der Waals surface area contributed by atoms with Crippen LogP contribution >= 0.6 is 11.3 Å². The topological polar surface area (TPSA) is 46.8 Å². The summed E-state index contributed by atoms with van der Waals surface area (Å²) in [5.74, 6) is 2.03. The zero-order chi connectivity index (χ0) is 22.3. The van der Waals surface area contributed by atoms with Crippen LogP contribution in [0, 0.1) is 5.92 Å². The molecule has 0 N–H and O–H groups in total. The minimum atomic E-state index is -4.21. The van der Waals surface area contributed by atoms with E-state index in [4.69, 9.17) is 0 Å². The molecule has 0 saturated carbocycles. The molecular formula is C23H28F3N5S. The van der Waals surface area contributed by atoms with Crippen molar-refractivity contribution in [3.05, 3.63) is 34.7 Å². The fraction of sp³-hybridized carbons (Fsp3) is 0.609. The van der Waals surface area contributed by atoms with Crippen LogP contribution in [0.4, 0.5) is 19.0 Å². The van der Waals surface area contributed by atoms with Gasteiger partial charge in [0.05, 0.1) is 17.5 Å². The maximum Gasteiger partial charge on any atom is 0.393 e. The Morgan fingerprint density at radius 1 is 1.12 bits per heavy atom. The maximum absolute atomic E-state index is 12.9. The van der Waals surface area contributed by atoms with Crippen molar-refractivity contribution in [3.8, 4) is 0 Å². The summed E-state index contributed by atoms with van der Waals surface area (Å²) >= 11 is 1.12. The van der Waals surface area contributed by atoms with E-state index >= 15 is 0 Å². The van der Waals surface area contributed by atoms with Gasteiger partial charge in [0.2, 0.25) is 0 Å². The molecule has 1 aliphatic carbocycles. The maximum atomic E-state index is 12.9. The van der Waals surface area contributed by atoms with E-state index < -0.39 is 12.6 Å². The molecule has 5 nitrogen and oxygen atoms in total. The molecule has 1 saturated heterocycles. The Hall–Kier alpha value is -2.16. The van der Waals surface area contributed by atoms with Crippen molar-refractivity contribution in [2.45, 2.75) is 63.5 Å². The molecule has 5 rings (SSSR count). The number of aromatic nitrogens is 4. The lowest BCUT2D eigenvalue weighted by molar-refractivity contribution is -0.126. The van der Waals surface area contributed by atoms with Crippen LogP contribution in [0.2, 0.25) is 0 Å². The van der Waals surface area contributed by atoms with Gasteiger partial charge in [-0.15, -0.1) is 11.3 Å².